The zero-order valence-electron chi connectivity index (χ0n) is 14.7. The Labute approximate surface area is 144 Å². The number of nitrogens with zero attached hydrogens (tertiary/aromatic N) is 1. The van der Waals surface area contributed by atoms with Gasteiger partial charge in [0.15, 0.2) is 17.8 Å². The molecule has 0 bridgehead atoms. The molecule has 3 aliphatic rings. The summed E-state index contributed by atoms with van der Waals surface area (Å²) in [7, 11) is 0. The summed E-state index contributed by atoms with van der Waals surface area (Å²) < 4.78 is 2.57. The Kier molecular flexibility index (Phi) is 2.78. The highest BCUT2D eigenvalue weighted by Gasteiger charge is 2.51. The molecule has 120 valence electrons. The van der Waals surface area contributed by atoms with Crippen LogP contribution in [0.1, 0.15) is 48.9 Å². The molecule has 2 aromatic carbocycles. The van der Waals surface area contributed by atoms with Crippen molar-refractivity contribution in [2.45, 2.75) is 51.1 Å². The molecule has 0 aromatic heterocycles. The quantitative estimate of drug-likeness (QED) is 0.664. The monoisotopic (exact) mass is 314 g/mol. The van der Waals surface area contributed by atoms with Gasteiger partial charge in [0.1, 0.15) is 0 Å². The van der Waals surface area contributed by atoms with Crippen molar-refractivity contribution >= 4 is 6.21 Å². The Bertz CT molecular complexity index is 914. The van der Waals surface area contributed by atoms with Gasteiger partial charge in [0, 0.05) is 25.5 Å². The van der Waals surface area contributed by atoms with Crippen LogP contribution in [0.25, 0.3) is 11.1 Å². The van der Waals surface area contributed by atoms with Crippen LogP contribution in [0, 0.1) is 0 Å². The van der Waals surface area contributed by atoms with E-state index in [1.54, 1.807) is 11.1 Å². The second-order valence-corrected chi connectivity index (χ2v) is 7.87. The van der Waals surface area contributed by atoms with Gasteiger partial charge in [-0.2, -0.15) is 0 Å². The minimum absolute atomic E-state index is 0.0515. The van der Waals surface area contributed by atoms with Gasteiger partial charge in [0.2, 0.25) is 0 Å². The molecule has 2 aliphatic heterocycles. The molecule has 24 heavy (non-hydrogen) atoms. The summed E-state index contributed by atoms with van der Waals surface area (Å²) in [6.45, 7) is 7.02. The minimum Gasteiger partial charge on any atom is -0.220 e. The molecule has 0 spiro atoms. The second kappa shape index (κ2) is 4.69. The lowest BCUT2D eigenvalue weighted by molar-refractivity contribution is -0.633. The summed E-state index contributed by atoms with van der Waals surface area (Å²) in [5.74, 6) is 0.569. The molecule has 1 nitrogen and oxygen atoms in total. The lowest BCUT2D eigenvalue weighted by atomic mass is 9.67. The van der Waals surface area contributed by atoms with E-state index in [2.05, 4.69) is 80.1 Å². The summed E-state index contributed by atoms with van der Waals surface area (Å²) in [6.07, 6.45) is 9.23. The lowest BCUT2D eigenvalue weighted by Crippen LogP contribution is -2.48. The van der Waals surface area contributed by atoms with Crippen LogP contribution in [-0.4, -0.2) is 16.8 Å². The number of aryl methyl sites for hydroxylation is 1. The van der Waals surface area contributed by atoms with Crippen LogP contribution in [0.4, 0.5) is 0 Å². The van der Waals surface area contributed by atoms with Gasteiger partial charge in [0.25, 0.3) is 0 Å². The molecule has 5 rings (SSSR count). The highest BCUT2D eigenvalue weighted by atomic mass is 15.1. The molecule has 0 radical (unpaired) electrons. The van der Waals surface area contributed by atoms with Crippen molar-refractivity contribution in [3.8, 4) is 11.1 Å². The Morgan fingerprint density at radius 1 is 1.08 bits per heavy atom. The van der Waals surface area contributed by atoms with E-state index >= 15 is 0 Å². The van der Waals surface area contributed by atoms with Crippen LogP contribution in [0.2, 0.25) is 0 Å². The van der Waals surface area contributed by atoms with Gasteiger partial charge in [-0.1, -0.05) is 43.3 Å². The van der Waals surface area contributed by atoms with Gasteiger partial charge in [-0.15, -0.1) is 0 Å². The van der Waals surface area contributed by atoms with Gasteiger partial charge >= 0.3 is 0 Å². The third-order valence-corrected chi connectivity index (χ3v) is 6.44. The molecule has 0 saturated carbocycles. The van der Waals surface area contributed by atoms with Crippen molar-refractivity contribution in [1.29, 1.82) is 0 Å². The second-order valence-electron chi connectivity index (χ2n) is 7.87. The largest absolute Gasteiger partial charge is 0.220 e. The van der Waals surface area contributed by atoms with Gasteiger partial charge < -0.3 is 0 Å². The number of hydrogen-bond acceptors (Lipinski definition) is 0. The Morgan fingerprint density at radius 2 is 1.88 bits per heavy atom. The fourth-order valence-corrected chi connectivity index (χ4v) is 5.28. The molecule has 2 heterocycles. The topological polar surface area (TPSA) is 3.01 Å². The first-order valence-electron chi connectivity index (χ1n) is 9.17. The standard InChI is InChI=1S/C23H24N/c1-4-15-8-5-9-16-17-10-6-11-20-22(17)19(14-18(15)16)21-12-7-13-24(21)23(20,2)3/h5-13,19,21H,4,14H2,1-3H3/q+1. The fraction of sp³-hybridized carbons (Fsp3) is 0.348. The number of allylic oxidation sites excluding steroid dienone is 1. The van der Waals surface area contributed by atoms with E-state index in [9.17, 15) is 0 Å². The number of rotatable bonds is 1. The number of hydrogen-bond donors (Lipinski definition) is 0. The average molecular weight is 314 g/mol. The van der Waals surface area contributed by atoms with Crippen molar-refractivity contribution in [2.24, 2.45) is 0 Å². The van der Waals surface area contributed by atoms with E-state index in [-0.39, 0.29) is 5.54 Å². The zero-order valence-corrected chi connectivity index (χ0v) is 14.7. The molecule has 0 amide bonds. The third kappa shape index (κ3) is 1.63. The van der Waals surface area contributed by atoms with Crippen LogP contribution >= 0.6 is 0 Å². The van der Waals surface area contributed by atoms with Crippen molar-refractivity contribution in [3.05, 3.63) is 70.8 Å². The first-order chi connectivity index (χ1) is 11.6. The van der Waals surface area contributed by atoms with Crippen LogP contribution in [0.15, 0.2) is 48.6 Å². The van der Waals surface area contributed by atoms with E-state index in [1.165, 1.54) is 28.7 Å². The van der Waals surface area contributed by atoms with Crippen molar-refractivity contribution in [3.63, 3.8) is 0 Å². The molecule has 0 saturated heterocycles. The van der Waals surface area contributed by atoms with E-state index in [0.29, 0.717) is 12.0 Å². The van der Waals surface area contributed by atoms with Crippen molar-refractivity contribution in [1.82, 2.24) is 0 Å². The van der Waals surface area contributed by atoms with E-state index in [0.717, 1.165) is 6.42 Å². The van der Waals surface area contributed by atoms with E-state index < -0.39 is 0 Å². The molecule has 2 aromatic rings. The predicted molar refractivity (Wildman–Crippen MR) is 100.0 cm³/mol. The van der Waals surface area contributed by atoms with Gasteiger partial charge in [0.05, 0.1) is 5.92 Å². The molecular formula is C23H24N+. The summed E-state index contributed by atoms with van der Waals surface area (Å²) in [4.78, 5) is 0. The zero-order chi connectivity index (χ0) is 16.5. The summed E-state index contributed by atoms with van der Waals surface area (Å²) in [6, 6.07) is 14.3. The third-order valence-electron chi connectivity index (χ3n) is 6.44. The van der Waals surface area contributed by atoms with Gasteiger partial charge in [-0.3, -0.25) is 0 Å². The first-order valence-corrected chi connectivity index (χ1v) is 9.17. The number of fused-ring (bicyclic) bond motifs is 4. The molecule has 0 N–H and O–H groups in total. The van der Waals surface area contributed by atoms with Crippen molar-refractivity contribution < 1.29 is 4.58 Å². The Balaban J connectivity index is 1.85. The Morgan fingerprint density at radius 3 is 2.71 bits per heavy atom. The SMILES string of the molecule is CCc1cccc2c1CC1c3c-2cccc3C(C)(C)[N+]2=CC=CC12. The predicted octanol–water partition coefficient (Wildman–Crippen LogP) is 4.83. The molecule has 1 aliphatic carbocycles. The first kappa shape index (κ1) is 14.2. The average Bonchev–Trinajstić information content (AvgIpc) is 3.10. The van der Waals surface area contributed by atoms with Gasteiger partial charge in [-0.25, -0.2) is 4.58 Å². The molecule has 2 atom stereocenters. The van der Waals surface area contributed by atoms with Crippen LogP contribution in [0.5, 0.6) is 0 Å². The van der Waals surface area contributed by atoms with Crippen LogP contribution in [0.3, 0.4) is 0 Å². The smallest absolute Gasteiger partial charge is 0.183 e. The molecular weight excluding hydrogens is 290 g/mol. The molecule has 1 heteroatoms. The van der Waals surface area contributed by atoms with Crippen LogP contribution in [-0.2, 0) is 18.4 Å². The summed E-state index contributed by atoms with van der Waals surface area (Å²) >= 11 is 0. The maximum atomic E-state index is 2.57. The molecule has 0 fully saturated rings. The highest BCUT2D eigenvalue weighted by molar-refractivity contribution is 5.78. The minimum atomic E-state index is 0.0515. The fourth-order valence-electron chi connectivity index (χ4n) is 5.28. The van der Waals surface area contributed by atoms with Gasteiger partial charge in [-0.05, 0) is 46.7 Å². The van der Waals surface area contributed by atoms with Crippen LogP contribution < -0.4 is 0 Å². The highest BCUT2D eigenvalue weighted by Crippen LogP contribution is 2.51. The summed E-state index contributed by atoms with van der Waals surface area (Å²) in [5, 5.41) is 0. The number of benzene rings is 2. The Hall–Kier alpha value is -2.15. The van der Waals surface area contributed by atoms with E-state index in [4.69, 9.17) is 0 Å². The maximum absolute atomic E-state index is 2.57. The molecule has 2 unspecified atom stereocenters. The summed E-state index contributed by atoms with van der Waals surface area (Å²) in [5.41, 5.74) is 9.20. The lowest BCUT2D eigenvalue weighted by Gasteiger charge is -2.42. The van der Waals surface area contributed by atoms with E-state index in [1.807, 2.05) is 0 Å². The maximum Gasteiger partial charge on any atom is 0.183 e. The van der Waals surface area contributed by atoms with Crippen molar-refractivity contribution in [2.75, 3.05) is 0 Å². The normalized spacial score (nSPS) is 24.9.